The highest BCUT2D eigenvalue weighted by atomic mass is 35.5. The first-order chi connectivity index (χ1) is 9.81. The third-order valence-corrected chi connectivity index (χ3v) is 2.89. The molecule has 0 aliphatic heterocycles. The summed E-state index contributed by atoms with van der Waals surface area (Å²) in [4.78, 5) is 0. The fraction of sp³-hybridized carbons (Fsp3) is 0.600. The fourth-order valence-electron chi connectivity index (χ4n) is 1.61. The van der Waals surface area contributed by atoms with Crippen LogP contribution in [0.15, 0.2) is 18.2 Å². The molecule has 0 aliphatic carbocycles. The monoisotopic (exact) mass is 302 g/mol. The lowest BCUT2D eigenvalue weighted by Gasteiger charge is -2.13. The molecule has 20 heavy (non-hydrogen) atoms. The molecule has 0 saturated heterocycles. The zero-order valence-corrected chi connectivity index (χ0v) is 12.9. The molecule has 0 amide bonds. The van der Waals surface area contributed by atoms with Crippen LogP contribution in [0.4, 0.5) is 0 Å². The van der Waals surface area contributed by atoms with E-state index in [0.717, 1.165) is 23.5 Å². The normalized spacial score (nSPS) is 10.6. The molecule has 0 unspecified atom stereocenters. The van der Waals surface area contributed by atoms with Crippen LogP contribution >= 0.6 is 11.6 Å². The predicted molar refractivity (Wildman–Crippen MR) is 80.0 cm³/mol. The van der Waals surface area contributed by atoms with Gasteiger partial charge >= 0.3 is 0 Å². The van der Waals surface area contributed by atoms with E-state index in [9.17, 15) is 0 Å². The Labute approximate surface area is 125 Å². The number of alkyl halides is 1. The van der Waals surface area contributed by atoms with E-state index < -0.39 is 0 Å². The van der Waals surface area contributed by atoms with Crippen molar-refractivity contribution in [2.24, 2.45) is 0 Å². The molecular weight excluding hydrogens is 280 g/mol. The molecule has 4 nitrogen and oxygen atoms in total. The minimum absolute atomic E-state index is 0.466. The van der Waals surface area contributed by atoms with Gasteiger partial charge in [-0.15, -0.1) is 11.6 Å². The molecule has 0 atom stereocenters. The molecule has 0 spiro atoms. The van der Waals surface area contributed by atoms with Crippen molar-refractivity contribution in [2.75, 3.05) is 40.1 Å². The van der Waals surface area contributed by atoms with E-state index in [1.54, 1.807) is 7.11 Å². The second-order valence-electron chi connectivity index (χ2n) is 4.15. The number of methoxy groups -OCH3 is 1. The summed E-state index contributed by atoms with van der Waals surface area (Å²) in [5.74, 6) is 1.96. The standard InChI is InChI=1S/C15H23ClO4/c1-3-19-15-11-13(12-16)5-6-14(15)20-8-4-7-18-10-9-17-2/h5-6,11H,3-4,7-10,12H2,1-2H3. The Morgan fingerprint density at radius 3 is 2.55 bits per heavy atom. The van der Waals surface area contributed by atoms with Crippen molar-refractivity contribution in [2.45, 2.75) is 19.2 Å². The van der Waals surface area contributed by atoms with Gasteiger partial charge in [0.2, 0.25) is 0 Å². The molecule has 0 radical (unpaired) electrons. The first kappa shape index (κ1) is 17.1. The molecule has 0 fully saturated rings. The molecule has 1 aromatic carbocycles. The molecule has 0 bridgehead atoms. The largest absolute Gasteiger partial charge is 0.490 e. The molecule has 114 valence electrons. The van der Waals surface area contributed by atoms with E-state index >= 15 is 0 Å². The third-order valence-electron chi connectivity index (χ3n) is 2.58. The van der Waals surface area contributed by atoms with E-state index in [0.29, 0.717) is 38.9 Å². The van der Waals surface area contributed by atoms with Crippen LogP contribution in [-0.2, 0) is 15.4 Å². The van der Waals surface area contributed by atoms with Gasteiger partial charge in [-0.25, -0.2) is 0 Å². The Morgan fingerprint density at radius 1 is 1.00 bits per heavy atom. The number of hydrogen-bond donors (Lipinski definition) is 0. The predicted octanol–water partition coefficient (Wildman–Crippen LogP) is 3.26. The van der Waals surface area contributed by atoms with Crippen LogP contribution in [0.5, 0.6) is 11.5 Å². The first-order valence-corrected chi connectivity index (χ1v) is 7.36. The van der Waals surface area contributed by atoms with Gasteiger partial charge in [0.25, 0.3) is 0 Å². The van der Waals surface area contributed by atoms with Gasteiger partial charge in [-0.2, -0.15) is 0 Å². The van der Waals surface area contributed by atoms with Crippen LogP contribution in [0.1, 0.15) is 18.9 Å². The Kier molecular flexibility index (Phi) is 9.20. The summed E-state index contributed by atoms with van der Waals surface area (Å²) < 4.78 is 21.5. The van der Waals surface area contributed by atoms with Gasteiger partial charge < -0.3 is 18.9 Å². The van der Waals surface area contributed by atoms with Crippen LogP contribution in [0.25, 0.3) is 0 Å². The van der Waals surface area contributed by atoms with Crippen LogP contribution in [0, 0.1) is 0 Å². The number of rotatable bonds is 11. The van der Waals surface area contributed by atoms with Crippen LogP contribution < -0.4 is 9.47 Å². The third kappa shape index (κ3) is 6.46. The van der Waals surface area contributed by atoms with E-state index in [2.05, 4.69) is 0 Å². The molecule has 0 saturated carbocycles. The quantitative estimate of drug-likeness (QED) is 0.464. The minimum atomic E-state index is 0.466. The van der Waals surface area contributed by atoms with Crippen molar-refractivity contribution >= 4 is 11.6 Å². The highest BCUT2D eigenvalue weighted by molar-refractivity contribution is 6.17. The zero-order valence-electron chi connectivity index (χ0n) is 12.2. The molecule has 1 aromatic rings. The van der Waals surface area contributed by atoms with Crippen molar-refractivity contribution in [3.8, 4) is 11.5 Å². The van der Waals surface area contributed by atoms with Gasteiger partial charge in [-0.1, -0.05) is 6.07 Å². The molecule has 5 heteroatoms. The maximum Gasteiger partial charge on any atom is 0.161 e. The summed E-state index contributed by atoms with van der Waals surface area (Å²) in [5.41, 5.74) is 1.02. The molecule has 0 aromatic heterocycles. The lowest BCUT2D eigenvalue weighted by atomic mass is 10.2. The van der Waals surface area contributed by atoms with Crippen LogP contribution in [-0.4, -0.2) is 40.1 Å². The van der Waals surface area contributed by atoms with Gasteiger partial charge in [0.05, 0.1) is 26.4 Å². The lowest BCUT2D eigenvalue weighted by molar-refractivity contribution is 0.0642. The van der Waals surface area contributed by atoms with Crippen molar-refractivity contribution in [1.82, 2.24) is 0 Å². The number of halogens is 1. The van der Waals surface area contributed by atoms with E-state index in [4.69, 9.17) is 30.5 Å². The number of hydrogen-bond acceptors (Lipinski definition) is 4. The molecule has 1 rings (SSSR count). The first-order valence-electron chi connectivity index (χ1n) is 6.83. The summed E-state index contributed by atoms with van der Waals surface area (Å²) >= 11 is 5.82. The van der Waals surface area contributed by atoms with Crippen molar-refractivity contribution in [3.05, 3.63) is 23.8 Å². The Bertz CT molecular complexity index is 371. The average Bonchev–Trinajstić information content (AvgIpc) is 2.47. The van der Waals surface area contributed by atoms with Crippen LogP contribution in [0.3, 0.4) is 0 Å². The highest BCUT2D eigenvalue weighted by Gasteiger charge is 2.06. The molecule has 0 aliphatic rings. The van der Waals surface area contributed by atoms with Gasteiger partial charge in [0.1, 0.15) is 0 Å². The van der Waals surface area contributed by atoms with E-state index in [1.807, 2.05) is 25.1 Å². The zero-order chi connectivity index (χ0) is 14.6. The SMILES string of the molecule is CCOc1cc(CCl)ccc1OCCCOCCOC. The summed E-state index contributed by atoms with van der Waals surface area (Å²) in [6.45, 7) is 5.03. The van der Waals surface area contributed by atoms with Crippen molar-refractivity contribution in [1.29, 1.82) is 0 Å². The van der Waals surface area contributed by atoms with Gasteiger partial charge in [0, 0.05) is 26.0 Å². The molecular formula is C15H23ClO4. The fourth-order valence-corrected chi connectivity index (χ4v) is 1.78. The smallest absolute Gasteiger partial charge is 0.161 e. The second kappa shape index (κ2) is 10.8. The topological polar surface area (TPSA) is 36.9 Å². The summed E-state index contributed by atoms with van der Waals surface area (Å²) in [7, 11) is 1.66. The Balaban J connectivity index is 2.35. The highest BCUT2D eigenvalue weighted by Crippen LogP contribution is 2.29. The number of benzene rings is 1. The summed E-state index contributed by atoms with van der Waals surface area (Å²) in [5, 5.41) is 0. The van der Waals surface area contributed by atoms with Crippen LogP contribution in [0.2, 0.25) is 0 Å². The molecule has 0 N–H and O–H groups in total. The minimum Gasteiger partial charge on any atom is -0.490 e. The van der Waals surface area contributed by atoms with Crippen molar-refractivity contribution in [3.63, 3.8) is 0 Å². The Morgan fingerprint density at radius 2 is 1.85 bits per heavy atom. The average molecular weight is 303 g/mol. The summed E-state index contributed by atoms with van der Waals surface area (Å²) in [6.07, 6.45) is 0.826. The number of ether oxygens (including phenoxy) is 4. The lowest BCUT2D eigenvalue weighted by Crippen LogP contribution is -2.07. The maximum atomic E-state index is 5.82. The Hall–Kier alpha value is -0.970. The maximum absolute atomic E-state index is 5.82. The van der Waals surface area contributed by atoms with Gasteiger partial charge in [0.15, 0.2) is 11.5 Å². The van der Waals surface area contributed by atoms with Crippen molar-refractivity contribution < 1.29 is 18.9 Å². The van der Waals surface area contributed by atoms with E-state index in [1.165, 1.54) is 0 Å². The molecule has 0 heterocycles. The summed E-state index contributed by atoms with van der Waals surface area (Å²) in [6, 6.07) is 5.76. The van der Waals surface area contributed by atoms with Gasteiger partial charge in [-0.3, -0.25) is 0 Å². The second-order valence-corrected chi connectivity index (χ2v) is 4.42. The van der Waals surface area contributed by atoms with Gasteiger partial charge in [-0.05, 0) is 24.6 Å². The van der Waals surface area contributed by atoms with E-state index in [-0.39, 0.29) is 0 Å².